The van der Waals surface area contributed by atoms with Crippen molar-refractivity contribution < 1.29 is 19.4 Å². The van der Waals surface area contributed by atoms with E-state index in [4.69, 9.17) is 4.74 Å². The molecule has 3 aliphatic heterocycles. The van der Waals surface area contributed by atoms with Crippen LogP contribution in [0.2, 0.25) is 0 Å². The van der Waals surface area contributed by atoms with Crippen molar-refractivity contribution >= 4 is 37.1 Å². The average Bonchev–Trinajstić information content (AvgIpc) is 2.69. The maximum absolute atomic E-state index is 12.1. The molecule has 0 aliphatic carbocycles. The average molecular weight is 441 g/mol. The molecular weight excluding hydrogens is 407 g/mol. The normalized spacial score (nSPS) is 25.1. The number of carboxylic acid groups (broad SMARTS) is 1. The third-order valence-corrected chi connectivity index (χ3v) is 5.92. The van der Waals surface area contributed by atoms with Gasteiger partial charge in [0.05, 0.1) is 12.5 Å². The topological polar surface area (TPSA) is 94.1 Å². The van der Waals surface area contributed by atoms with Crippen molar-refractivity contribution in [1.82, 2.24) is 20.4 Å². The van der Waals surface area contributed by atoms with Gasteiger partial charge in [-0.05, 0) is 51.9 Å². The van der Waals surface area contributed by atoms with Gasteiger partial charge in [0.1, 0.15) is 0 Å². The summed E-state index contributed by atoms with van der Waals surface area (Å²) in [6, 6.07) is 0.592. The number of aliphatic carboxylic acids is 1. The van der Waals surface area contributed by atoms with Crippen molar-refractivity contribution in [2.45, 2.75) is 50.0 Å². The molecule has 1 atom stereocenters. The van der Waals surface area contributed by atoms with Gasteiger partial charge in [0.15, 0.2) is 12.0 Å². The van der Waals surface area contributed by atoms with Gasteiger partial charge in [0, 0.05) is 32.2 Å². The lowest BCUT2D eigenvalue weighted by molar-refractivity contribution is -0.201. The number of ether oxygens (including phenoxy) is 1. The van der Waals surface area contributed by atoms with Gasteiger partial charge in [0.2, 0.25) is 0 Å². The number of nitrogens with one attached hydrogen (secondary N) is 2. The number of piperidine rings is 2. The Hall–Kier alpha value is -0.480. The molecule has 3 N–H and O–H groups in total. The molecule has 28 heavy (non-hydrogen) atoms. The zero-order valence-corrected chi connectivity index (χ0v) is 17.9. The lowest BCUT2D eigenvalue weighted by Gasteiger charge is -2.47. The lowest BCUT2D eigenvalue weighted by Crippen LogP contribution is -2.62. The molecule has 0 aromatic heterocycles. The number of hydrogen-bond donors (Lipinski definition) is 3. The van der Waals surface area contributed by atoms with E-state index in [0.29, 0.717) is 19.1 Å². The van der Waals surface area contributed by atoms with Crippen LogP contribution in [0.15, 0.2) is 0 Å². The Morgan fingerprint density at radius 1 is 1.00 bits per heavy atom. The Balaban J connectivity index is 0.00000196. The van der Waals surface area contributed by atoms with Crippen molar-refractivity contribution in [2.75, 3.05) is 52.4 Å². The van der Waals surface area contributed by atoms with Crippen molar-refractivity contribution in [3.63, 3.8) is 0 Å². The van der Waals surface area contributed by atoms with Crippen molar-refractivity contribution in [3.05, 3.63) is 0 Å². The molecule has 10 heteroatoms. The number of piperazine rings is 1. The predicted molar refractivity (Wildman–Crippen MR) is 112 cm³/mol. The van der Waals surface area contributed by atoms with Crippen LogP contribution < -0.4 is 10.6 Å². The molecular formula is C18H34Cl2N4O4. The molecule has 0 bridgehead atoms. The van der Waals surface area contributed by atoms with Gasteiger partial charge in [-0.15, -0.1) is 24.8 Å². The molecule has 0 amide bonds. The standard InChI is InChI=1S/C18H32N4O4.2ClH/c23-14-18(13-17(24)25,26-16-3-7-20-8-4-16)22-11-9-21(10-12-22)15-1-5-19-6-2-15;;/h14-16,19-20H,1-13H2,(H,24,25);2*1H. The van der Waals surface area contributed by atoms with Gasteiger partial charge in [0.25, 0.3) is 0 Å². The molecule has 3 heterocycles. The Morgan fingerprint density at radius 2 is 1.54 bits per heavy atom. The van der Waals surface area contributed by atoms with E-state index in [-0.39, 0.29) is 37.3 Å². The number of nitrogens with zero attached hydrogens (tertiary/aromatic N) is 2. The monoisotopic (exact) mass is 440 g/mol. The zero-order chi connectivity index (χ0) is 18.4. The lowest BCUT2D eigenvalue weighted by atomic mass is 10.0. The summed E-state index contributed by atoms with van der Waals surface area (Å²) in [6.07, 6.45) is 4.29. The molecule has 164 valence electrons. The Bertz CT molecular complexity index is 482. The molecule has 0 aromatic rings. The summed E-state index contributed by atoms with van der Waals surface area (Å²) in [5.41, 5.74) is -1.34. The second-order valence-corrected chi connectivity index (χ2v) is 7.60. The maximum Gasteiger partial charge on any atom is 0.308 e. The predicted octanol–water partition coefficient (Wildman–Crippen LogP) is 0.338. The van der Waals surface area contributed by atoms with Gasteiger partial charge in [-0.2, -0.15) is 0 Å². The number of carbonyl (C=O) groups excluding carboxylic acids is 1. The first-order valence-electron chi connectivity index (χ1n) is 9.89. The quantitative estimate of drug-likeness (QED) is 0.487. The van der Waals surface area contributed by atoms with Crippen LogP contribution >= 0.6 is 24.8 Å². The molecule has 1 unspecified atom stereocenters. The Labute approximate surface area is 179 Å². The van der Waals surface area contributed by atoms with Crippen molar-refractivity contribution in [2.24, 2.45) is 0 Å². The van der Waals surface area contributed by atoms with E-state index in [2.05, 4.69) is 15.5 Å². The van der Waals surface area contributed by atoms with E-state index in [1.165, 1.54) is 0 Å². The SMILES string of the molecule is Cl.Cl.O=CC(CC(=O)O)(OC1CCNCC1)N1CCN(C2CCNCC2)CC1. The minimum atomic E-state index is -1.34. The summed E-state index contributed by atoms with van der Waals surface area (Å²) in [6.45, 7) is 6.85. The van der Waals surface area contributed by atoms with Crippen LogP contribution in [0.1, 0.15) is 32.1 Å². The fraction of sp³-hybridized carbons (Fsp3) is 0.889. The summed E-state index contributed by atoms with van der Waals surface area (Å²) in [4.78, 5) is 28.0. The highest BCUT2D eigenvalue weighted by Crippen LogP contribution is 2.27. The van der Waals surface area contributed by atoms with Crippen LogP contribution in [0.3, 0.4) is 0 Å². The molecule has 0 saturated carbocycles. The molecule has 0 spiro atoms. The van der Waals surface area contributed by atoms with Crippen LogP contribution in [-0.4, -0.2) is 97.4 Å². The first kappa shape index (κ1) is 25.6. The smallest absolute Gasteiger partial charge is 0.308 e. The zero-order valence-electron chi connectivity index (χ0n) is 16.3. The van der Waals surface area contributed by atoms with E-state index in [9.17, 15) is 14.7 Å². The number of carboxylic acids is 1. The summed E-state index contributed by atoms with van der Waals surface area (Å²) < 4.78 is 6.17. The van der Waals surface area contributed by atoms with Gasteiger partial charge >= 0.3 is 5.97 Å². The molecule has 3 aliphatic rings. The summed E-state index contributed by atoms with van der Waals surface area (Å²) in [5, 5.41) is 16.1. The first-order chi connectivity index (χ1) is 12.6. The van der Waals surface area contributed by atoms with E-state index in [0.717, 1.165) is 71.2 Å². The molecule has 3 saturated heterocycles. The van der Waals surface area contributed by atoms with Gasteiger partial charge < -0.3 is 20.5 Å². The van der Waals surface area contributed by atoms with Gasteiger partial charge in [-0.1, -0.05) is 0 Å². The number of aldehydes is 1. The fourth-order valence-corrected chi connectivity index (χ4v) is 4.43. The maximum atomic E-state index is 12.1. The van der Waals surface area contributed by atoms with Crippen LogP contribution in [0.5, 0.6) is 0 Å². The van der Waals surface area contributed by atoms with E-state index in [1.54, 1.807) is 0 Å². The van der Waals surface area contributed by atoms with Crippen LogP contribution in [0, 0.1) is 0 Å². The second kappa shape index (κ2) is 12.3. The summed E-state index contributed by atoms with van der Waals surface area (Å²) in [5.74, 6) is -0.994. The number of carbonyl (C=O) groups is 2. The van der Waals surface area contributed by atoms with Crippen LogP contribution in [0.4, 0.5) is 0 Å². The van der Waals surface area contributed by atoms with E-state index >= 15 is 0 Å². The number of rotatable bonds is 7. The van der Waals surface area contributed by atoms with Crippen LogP contribution in [0.25, 0.3) is 0 Å². The highest BCUT2D eigenvalue weighted by molar-refractivity contribution is 5.85. The van der Waals surface area contributed by atoms with E-state index in [1.807, 2.05) is 4.90 Å². The second-order valence-electron chi connectivity index (χ2n) is 7.60. The molecule has 3 fully saturated rings. The van der Waals surface area contributed by atoms with Crippen LogP contribution in [-0.2, 0) is 14.3 Å². The van der Waals surface area contributed by atoms with Crippen molar-refractivity contribution in [3.8, 4) is 0 Å². The molecule has 0 aromatic carbocycles. The minimum Gasteiger partial charge on any atom is -0.481 e. The third-order valence-electron chi connectivity index (χ3n) is 5.92. The molecule has 0 radical (unpaired) electrons. The first-order valence-corrected chi connectivity index (χ1v) is 9.89. The number of hydrogen-bond acceptors (Lipinski definition) is 7. The van der Waals surface area contributed by atoms with Gasteiger partial charge in [-0.3, -0.25) is 19.4 Å². The third kappa shape index (κ3) is 6.52. The summed E-state index contributed by atoms with van der Waals surface area (Å²) in [7, 11) is 0. The highest BCUT2D eigenvalue weighted by Gasteiger charge is 2.44. The van der Waals surface area contributed by atoms with Gasteiger partial charge in [-0.25, -0.2) is 0 Å². The number of halogens is 2. The molecule has 3 rings (SSSR count). The highest BCUT2D eigenvalue weighted by atomic mass is 35.5. The minimum absolute atomic E-state index is 0. The Morgan fingerprint density at radius 3 is 2.04 bits per heavy atom. The summed E-state index contributed by atoms with van der Waals surface area (Å²) >= 11 is 0. The fourth-order valence-electron chi connectivity index (χ4n) is 4.43. The van der Waals surface area contributed by atoms with E-state index < -0.39 is 11.7 Å². The molecule has 8 nitrogen and oxygen atoms in total. The largest absolute Gasteiger partial charge is 0.481 e. The Kier molecular flexibility index (Phi) is 11.2. The van der Waals surface area contributed by atoms with Crippen molar-refractivity contribution in [1.29, 1.82) is 0 Å².